The molecule has 0 aliphatic carbocycles. The van der Waals surface area contributed by atoms with Crippen molar-refractivity contribution >= 4 is 16.5 Å². The number of piperazine rings is 1. The Morgan fingerprint density at radius 3 is 2.86 bits per heavy atom. The molecule has 0 spiro atoms. The lowest BCUT2D eigenvalue weighted by Gasteiger charge is -2.40. The van der Waals surface area contributed by atoms with E-state index in [-0.39, 0.29) is 5.92 Å². The van der Waals surface area contributed by atoms with E-state index in [2.05, 4.69) is 39.2 Å². The number of nitrogens with zero attached hydrogens (tertiary/aromatic N) is 5. The third kappa shape index (κ3) is 4.17. The SMILES string of the molecule is Cc1csc(N2CCN(C[C@H](C#N)CCC#N)C[C@H]2C)n1. The highest BCUT2D eigenvalue weighted by atomic mass is 32.1. The Kier molecular flexibility index (Phi) is 5.55. The molecule has 0 amide bonds. The van der Waals surface area contributed by atoms with Crippen LogP contribution in [-0.2, 0) is 0 Å². The summed E-state index contributed by atoms with van der Waals surface area (Å²) in [5, 5.41) is 21.0. The van der Waals surface area contributed by atoms with Crippen LogP contribution >= 0.6 is 11.3 Å². The Balaban J connectivity index is 1.89. The molecule has 1 fully saturated rings. The summed E-state index contributed by atoms with van der Waals surface area (Å²) in [7, 11) is 0. The molecule has 5 nitrogen and oxygen atoms in total. The second-order valence-corrected chi connectivity index (χ2v) is 6.43. The average molecular weight is 303 g/mol. The Morgan fingerprint density at radius 2 is 2.29 bits per heavy atom. The lowest BCUT2D eigenvalue weighted by Crippen LogP contribution is -2.52. The molecule has 1 aromatic rings. The predicted octanol–water partition coefficient (Wildman–Crippen LogP) is 2.41. The second kappa shape index (κ2) is 7.40. The van der Waals surface area contributed by atoms with Gasteiger partial charge in [0.1, 0.15) is 0 Å². The van der Waals surface area contributed by atoms with Crippen LogP contribution < -0.4 is 4.90 Å². The molecular weight excluding hydrogens is 282 g/mol. The van der Waals surface area contributed by atoms with Gasteiger partial charge in [-0.3, -0.25) is 4.90 Å². The minimum atomic E-state index is -0.0366. The molecule has 1 aliphatic rings. The molecule has 6 heteroatoms. The molecule has 0 saturated carbocycles. The molecule has 1 aromatic heterocycles. The van der Waals surface area contributed by atoms with Crippen molar-refractivity contribution in [2.45, 2.75) is 32.7 Å². The molecule has 0 aromatic carbocycles. The van der Waals surface area contributed by atoms with Gasteiger partial charge in [-0.05, 0) is 20.3 Å². The van der Waals surface area contributed by atoms with Crippen LogP contribution in [0.15, 0.2) is 5.38 Å². The summed E-state index contributed by atoms with van der Waals surface area (Å²) < 4.78 is 0. The van der Waals surface area contributed by atoms with Crippen LogP contribution in [0.5, 0.6) is 0 Å². The Bertz CT molecular complexity index is 541. The van der Waals surface area contributed by atoms with Crippen LogP contribution in [0.3, 0.4) is 0 Å². The smallest absolute Gasteiger partial charge is 0.185 e. The number of thiazole rings is 1. The van der Waals surface area contributed by atoms with Crippen LogP contribution in [0.2, 0.25) is 0 Å². The quantitative estimate of drug-likeness (QED) is 0.835. The van der Waals surface area contributed by atoms with Gasteiger partial charge in [-0.2, -0.15) is 10.5 Å². The molecule has 112 valence electrons. The molecular formula is C15H21N5S. The van der Waals surface area contributed by atoms with Gasteiger partial charge in [0.05, 0.1) is 23.8 Å². The zero-order chi connectivity index (χ0) is 15.2. The van der Waals surface area contributed by atoms with Crippen molar-refractivity contribution in [1.29, 1.82) is 10.5 Å². The van der Waals surface area contributed by atoms with Crippen LogP contribution in [0.4, 0.5) is 5.13 Å². The fourth-order valence-corrected chi connectivity index (χ4v) is 3.64. The van der Waals surface area contributed by atoms with Gasteiger partial charge < -0.3 is 4.90 Å². The molecule has 1 saturated heterocycles. The molecule has 2 atom stereocenters. The van der Waals surface area contributed by atoms with Crippen molar-refractivity contribution in [2.24, 2.45) is 5.92 Å². The van der Waals surface area contributed by atoms with E-state index in [0.29, 0.717) is 18.9 Å². The van der Waals surface area contributed by atoms with Crippen molar-refractivity contribution in [3.05, 3.63) is 11.1 Å². The molecule has 1 aliphatic heterocycles. The summed E-state index contributed by atoms with van der Waals surface area (Å²) in [5.74, 6) is -0.0366. The lowest BCUT2D eigenvalue weighted by molar-refractivity contribution is 0.208. The number of rotatable bonds is 5. The monoisotopic (exact) mass is 303 g/mol. The van der Waals surface area contributed by atoms with E-state index in [9.17, 15) is 5.26 Å². The Morgan fingerprint density at radius 1 is 1.48 bits per heavy atom. The first-order valence-electron chi connectivity index (χ1n) is 7.31. The van der Waals surface area contributed by atoms with Gasteiger partial charge in [0, 0.05) is 44.0 Å². The lowest BCUT2D eigenvalue weighted by atomic mass is 10.0. The van der Waals surface area contributed by atoms with Gasteiger partial charge in [0.25, 0.3) is 0 Å². The van der Waals surface area contributed by atoms with Gasteiger partial charge in [-0.15, -0.1) is 11.3 Å². The predicted molar refractivity (Wildman–Crippen MR) is 84.0 cm³/mol. The van der Waals surface area contributed by atoms with E-state index >= 15 is 0 Å². The highest BCUT2D eigenvalue weighted by Gasteiger charge is 2.26. The third-order valence-corrected chi connectivity index (χ3v) is 4.83. The minimum Gasteiger partial charge on any atom is -0.343 e. The molecule has 0 bridgehead atoms. The standard InChI is InChI=1S/C15H21N5S/c1-12-11-21-15(18-12)20-7-6-19(9-13(20)2)10-14(8-17)4-3-5-16/h11,13-14H,3-4,6-7,9-10H2,1-2H3/t13-,14+/m1/s1. The number of aromatic nitrogens is 1. The van der Waals surface area contributed by atoms with E-state index in [1.807, 2.05) is 6.92 Å². The molecule has 2 rings (SSSR count). The number of hydrogen-bond donors (Lipinski definition) is 0. The van der Waals surface area contributed by atoms with Crippen molar-refractivity contribution in [3.8, 4) is 12.1 Å². The maximum atomic E-state index is 9.18. The molecule has 0 N–H and O–H groups in total. The largest absolute Gasteiger partial charge is 0.343 e. The van der Waals surface area contributed by atoms with Gasteiger partial charge in [-0.25, -0.2) is 4.98 Å². The van der Waals surface area contributed by atoms with Gasteiger partial charge in [0.2, 0.25) is 0 Å². The van der Waals surface area contributed by atoms with Gasteiger partial charge in [-0.1, -0.05) is 0 Å². The van der Waals surface area contributed by atoms with Gasteiger partial charge in [0.15, 0.2) is 5.13 Å². The molecule has 0 radical (unpaired) electrons. The summed E-state index contributed by atoms with van der Waals surface area (Å²) in [6.45, 7) is 7.85. The van der Waals surface area contributed by atoms with Crippen molar-refractivity contribution < 1.29 is 0 Å². The van der Waals surface area contributed by atoms with Crippen LogP contribution in [0.25, 0.3) is 0 Å². The summed E-state index contributed by atoms with van der Waals surface area (Å²) in [6.07, 6.45) is 1.14. The van der Waals surface area contributed by atoms with Gasteiger partial charge >= 0.3 is 0 Å². The summed E-state index contributed by atoms with van der Waals surface area (Å²) >= 11 is 1.70. The zero-order valence-electron chi connectivity index (χ0n) is 12.6. The number of anilines is 1. The zero-order valence-corrected chi connectivity index (χ0v) is 13.4. The van der Waals surface area contributed by atoms with Crippen molar-refractivity contribution in [2.75, 3.05) is 31.1 Å². The fourth-order valence-electron chi connectivity index (χ4n) is 2.70. The van der Waals surface area contributed by atoms with Crippen LogP contribution in [-0.4, -0.2) is 42.1 Å². The van der Waals surface area contributed by atoms with Crippen molar-refractivity contribution in [1.82, 2.24) is 9.88 Å². The topological polar surface area (TPSA) is 67.0 Å². The Labute approximate surface area is 130 Å². The average Bonchev–Trinajstić information content (AvgIpc) is 2.90. The fraction of sp³-hybridized carbons (Fsp3) is 0.667. The molecule has 2 heterocycles. The van der Waals surface area contributed by atoms with Crippen molar-refractivity contribution in [3.63, 3.8) is 0 Å². The van der Waals surface area contributed by atoms with E-state index in [1.54, 1.807) is 11.3 Å². The summed E-state index contributed by atoms with van der Waals surface area (Å²) in [4.78, 5) is 9.26. The Hall–Kier alpha value is -1.63. The van der Waals surface area contributed by atoms with Crippen LogP contribution in [0.1, 0.15) is 25.5 Å². The first kappa shape index (κ1) is 15.8. The highest BCUT2D eigenvalue weighted by molar-refractivity contribution is 7.13. The van der Waals surface area contributed by atoms with E-state index in [1.165, 1.54) is 0 Å². The maximum Gasteiger partial charge on any atom is 0.185 e. The number of hydrogen-bond acceptors (Lipinski definition) is 6. The van der Waals surface area contributed by atoms with E-state index in [0.717, 1.165) is 37.0 Å². The van der Waals surface area contributed by atoms with Crippen LogP contribution in [0, 0.1) is 35.5 Å². The highest BCUT2D eigenvalue weighted by Crippen LogP contribution is 2.25. The number of aryl methyl sites for hydroxylation is 1. The third-order valence-electron chi connectivity index (χ3n) is 3.83. The second-order valence-electron chi connectivity index (χ2n) is 5.60. The minimum absolute atomic E-state index is 0.0366. The molecule has 21 heavy (non-hydrogen) atoms. The van der Waals surface area contributed by atoms with E-state index in [4.69, 9.17) is 5.26 Å². The molecule has 0 unspecified atom stereocenters. The normalized spacial score (nSPS) is 20.8. The number of nitriles is 2. The maximum absolute atomic E-state index is 9.18. The summed E-state index contributed by atoms with van der Waals surface area (Å²) in [6, 6.07) is 4.86. The van der Waals surface area contributed by atoms with E-state index < -0.39 is 0 Å². The summed E-state index contributed by atoms with van der Waals surface area (Å²) in [5.41, 5.74) is 1.07. The first-order chi connectivity index (χ1) is 10.1. The first-order valence-corrected chi connectivity index (χ1v) is 8.19.